The van der Waals surface area contributed by atoms with Crippen LogP contribution in [0.4, 0.5) is 0 Å². The molecule has 0 N–H and O–H groups in total. The van der Waals surface area contributed by atoms with Crippen molar-refractivity contribution in [1.29, 1.82) is 0 Å². The predicted octanol–water partition coefficient (Wildman–Crippen LogP) is 16.5. The number of nitrogens with zero attached hydrogens (tertiary/aromatic N) is 4. The van der Waals surface area contributed by atoms with E-state index in [-0.39, 0.29) is 31.9 Å². The van der Waals surface area contributed by atoms with Crippen molar-refractivity contribution in [1.82, 2.24) is 19.5 Å². The maximum atomic E-state index is 6.60. The van der Waals surface area contributed by atoms with Crippen LogP contribution in [0, 0.1) is 12.1 Å². The van der Waals surface area contributed by atoms with Crippen molar-refractivity contribution in [2.75, 3.05) is 0 Å². The number of pyridine rings is 1. The van der Waals surface area contributed by atoms with Crippen LogP contribution in [0.1, 0.15) is 94.2 Å². The second kappa shape index (κ2) is 20.4. The Hall–Kier alpha value is -6.72. The Kier molecular flexibility index (Phi) is 13.9. The van der Waals surface area contributed by atoms with E-state index in [1.165, 1.54) is 65.6 Å². The van der Waals surface area contributed by atoms with Crippen LogP contribution in [0.15, 0.2) is 180 Å². The number of oxazole rings is 1. The van der Waals surface area contributed by atoms with Crippen molar-refractivity contribution >= 4 is 22.1 Å². The van der Waals surface area contributed by atoms with Gasteiger partial charge in [-0.1, -0.05) is 156 Å². The van der Waals surface area contributed by atoms with Gasteiger partial charge in [0.05, 0.1) is 22.4 Å². The van der Waals surface area contributed by atoms with Gasteiger partial charge >= 0.3 is 0 Å². The summed E-state index contributed by atoms with van der Waals surface area (Å²) in [6, 6.07) is 66.1. The number of para-hydroxylation sites is 2. The standard InChI is InChI=1S/C50H46N3O.C11H8N.Ir/c1-32(2)41-28-39(35-18-10-6-11-19-35)29-42(33(3)4)48(41)53-45-23-15-14-22-44(45)51-49(53)40-30-43(37-26-24-36(25-27-37)34-16-8-5-9-17-34)47-46(31-40)54-50(52-47)38-20-12-7-13-21-38;1-2-6-10(7-3-1)11-8-4-5-9-12-11;/h6-7,10-15,18-30,32-34H,5,8-9,16-17H2,1-4H3;1-6,8-9H;/q2*-1;. The van der Waals surface area contributed by atoms with Gasteiger partial charge < -0.3 is 14.0 Å². The normalized spacial score (nSPS) is 12.9. The molecule has 7 aromatic carbocycles. The molecule has 11 rings (SSSR count). The maximum absolute atomic E-state index is 6.60. The topological polar surface area (TPSA) is 56.7 Å². The van der Waals surface area contributed by atoms with E-state index in [0.29, 0.717) is 17.4 Å². The van der Waals surface area contributed by atoms with E-state index < -0.39 is 0 Å². The van der Waals surface area contributed by atoms with Crippen LogP contribution in [-0.4, -0.2) is 19.5 Å². The van der Waals surface area contributed by atoms with Gasteiger partial charge in [0.25, 0.3) is 0 Å². The Morgan fingerprint density at radius 2 is 1.25 bits per heavy atom. The Labute approximate surface area is 408 Å². The summed E-state index contributed by atoms with van der Waals surface area (Å²) in [5.74, 6) is 2.60. The zero-order valence-electron chi connectivity index (χ0n) is 38.5. The SMILES string of the molecule is CC(C)c1cc(-c2ccccc2)cc(C(C)C)c1-n1c(-c2[c-]c3oc(-c4ccccc4)nc3c(-c3ccc(C4CCCCC4)cc3)c2)nc2ccccc21.[Ir].[c-]1ccccc1-c1ccccn1. The Bertz CT molecular complexity index is 3140. The third-order valence-corrected chi connectivity index (χ3v) is 12.9. The number of fused-ring (bicyclic) bond motifs is 2. The van der Waals surface area contributed by atoms with Crippen molar-refractivity contribution in [3.63, 3.8) is 0 Å². The van der Waals surface area contributed by atoms with E-state index in [1.807, 2.05) is 72.8 Å². The molecule has 1 aliphatic carbocycles. The average molecular weight is 1050 g/mol. The van der Waals surface area contributed by atoms with Crippen LogP contribution in [0.3, 0.4) is 0 Å². The first-order valence-electron chi connectivity index (χ1n) is 23.5. The van der Waals surface area contributed by atoms with E-state index in [9.17, 15) is 0 Å². The quantitative estimate of drug-likeness (QED) is 0.135. The zero-order chi connectivity index (χ0) is 45.0. The van der Waals surface area contributed by atoms with Crippen LogP contribution >= 0.6 is 0 Å². The van der Waals surface area contributed by atoms with Crippen molar-refractivity contribution in [2.45, 2.75) is 77.6 Å². The molecule has 10 aromatic rings. The molecule has 0 saturated heterocycles. The minimum atomic E-state index is 0. The first-order valence-corrected chi connectivity index (χ1v) is 23.5. The van der Waals surface area contributed by atoms with Crippen LogP contribution in [0.5, 0.6) is 0 Å². The first kappa shape index (κ1) is 45.4. The van der Waals surface area contributed by atoms with Crippen molar-refractivity contribution in [2.24, 2.45) is 0 Å². The van der Waals surface area contributed by atoms with Crippen molar-refractivity contribution in [3.05, 3.63) is 205 Å². The number of hydrogen-bond acceptors (Lipinski definition) is 4. The van der Waals surface area contributed by atoms with Crippen LogP contribution < -0.4 is 0 Å². The summed E-state index contributed by atoms with van der Waals surface area (Å²) in [5, 5.41) is 0. The molecule has 0 atom stereocenters. The molecule has 1 saturated carbocycles. The van der Waals surface area contributed by atoms with Gasteiger partial charge in [0, 0.05) is 43.1 Å². The van der Waals surface area contributed by atoms with Crippen LogP contribution in [-0.2, 0) is 20.1 Å². The molecule has 0 bridgehead atoms. The van der Waals surface area contributed by atoms with Gasteiger partial charge in [-0.25, -0.2) is 0 Å². The first-order chi connectivity index (χ1) is 32.4. The number of rotatable bonds is 9. The summed E-state index contributed by atoms with van der Waals surface area (Å²) in [6.45, 7) is 9.18. The Morgan fingerprint density at radius 3 is 1.91 bits per heavy atom. The van der Waals surface area contributed by atoms with E-state index >= 15 is 0 Å². The van der Waals surface area contributed by atoms with E-state index in [0.717, 1.165) is 55.9 Å². The Balaban J connectivity index is 0.000000375. The van der Waals surface area contributed by atoms with E-state index in [4.69, 9.17) is 14.4 Å². The average Bonchev–Trinajstić information content (AvgIpc) is 4.00. The molecular weight excluding hydrogens is 997 g/mol. The fourth-order valence-electron chi connectivity index (χ4n) is 9.50. The van der Waals surface area contributed by atoms with Gasteiger partial charge in [0.15, 0.2) is 0 Å². The minimum absolute atomic E-state index is 0. The molecule has 67 heavy (non-hydrogen) atoms. The number of hydrogen-bond donors (Lipinski definition) is 0. The maximum Gasteiger partial charge on any atom is 0.215 e. The largest absolute Gasteiger partial charge is 0.457 e. The van der Waals surface area contributed by atoms with Crippen LogP contribution in [0.25, 0.3) is 84.2 Å². The van der Waals surface area contributed by atoms with Gasteiger partial charge in [-0.3, -0.25) is 9.97 Å². The molecule has 3 heterocycles. The summed E-state index contributed by atoms with van der Waals surface area (Å²) in [4.78, 5) is 14.7. The van der Waals surface area contributed by atoms with Gasteiger partial charge in [-0.2, -0.15) is 0 Å². The zero-order valence-corrected chi connectivity index (χ0v) is 40.9. The molecular formula is C61H54IrN4O-2. The fourth-order valence-corrected chi connectivity index (χ4v) is 9.50. The third-order valence-electron chi connectivity index (χ3n) is 12.9. The van der Waals surface area contributed by atoms with Gasteiger partial charge in [0.1, 0.15) is 0 Å². The second-order valence-corrected chi connectivity index (χ2v) is 18.0. The molecule has 0 spiro atoms. The predicted molar refractivity (Wildman–Crippen MR) is 272 cm³/mol. The summed E-state index contributed by atoms with van der Waals surface area (Å²) in [6.07, 6.45) is 8.33. The molecule has 3 aromatic heterocycles. The van der Waals surface area contributed by atoms with Crippen molar-refractivity contribution < 1.29 is 24.5 Å². The summed E-state index contributed by atoms with van der Waals surface area (Å²) >= 11 is 0. The molecule has 1 fully saturated rings. The summed E-state index contributed by atoms with van der Waals surface area (Å²) in [7, 11) is 0. The smallest absolute Gasteiger partial charge is 0.215 e. The van der Waals surface area contributed by atoms with E-state index in [1.54, 1.807) is 6.20 Å². The Morgan fingerprint density at radius 1 is 0.597 bits per heavy atom. The van der Waals surface area contributed by atoms with Crippen LogP contribution in [0.2, 0.25) is 0 Å². The van der Waals surface area contributed by atoms with Gasteiger partial charge in [-0.05, 0) is 112 Å². The number of aromatic nitrogens is 4. The molecule has 0 unspecified atom stereocenters. The number of imidazole rings is 1. The summed E-state index contributed by atoms with van der Waals surface area (Å²) < 4.78 is 8.99. The van der Waals surface area contributed by atoms with E-state index in [2.05, 4.69) is 146 Å². The van der Waals surface area contributed by atoms with Crippen molar-refractivity contribution in [3.8, 4) is 62.0 Å². The minimum Gasteiger partial charge on any atom is -0.457 e. The molecule has 0 aliphatic heterocycles. The molecule has 335 valence electrons. The second-order valence-electron chi connectivity index (χ2n) is 18.0. The molecule has 0 amide bonds. The molecule has 1 radical (unpaired) electrons. The summed E-state index contributed by atoms with van der Waals surface area (Å²) in [5.41, 5.74) is 17.1. The fraction of sp³-hybridized carbons (Fsp3) is 0.197. The molecule has 1 aliphatic rings. The number of benzene rings is 7. The molecule has 5 nitrogen and oxygen atoms in total. The third kappa shape index (κ3) is 9.61. The monoisotopic (exact) mass is 1050 g/mol. The molecule has 6 heteroatoms. The van der Waals surface area contributed by atoms with Gasteiger partial charge in [-0.15, -0.1) is 47.5 Å². The van der Waals surface area contributed by atoms with Gasteiger partial charge in [0.2, 0.25) is 5.89 Å².